The summed E-state index contributed by atoms with van der Waals surface area (Å²) >= 11 is 0. The van der Waals surface area contributed by atoms with E-state index in [-0.39, 0.29) is 36.4 Å². The number of carbonyl (C=O) groups is 1. The number of halogens is 4. The number of alkyl halides is 3. The van der Waals surface area contributed by atoms with E-state index >= 15 is 0 Å². The summed E-state index contributed by atoms with van der Waals surface area (Å²) in [6, 6.07) is 4.95. The van der Waals surface area contributed by atoms with E-state index in [4.69, 9.17) is 0 Å². The molecule has 1 aromatic carbocycles. The molecule has 26 heavy (non-hydrogen) atoms. The quantitative estimate of drug-likeness (QED) is 0.293. The lowest BCUT2D eigenvalue weighted by molar-refractivity contribution is -0.137. The first-order chi connectivity index (χ1) is 11.6. The monoisotopic (exact) mass is 484 g/mol. The number of likely N-dealkylation sites (N-methyl/N-ethyl adjacent to an activating group) is 1. The van der Waals surface area contributed by atoms with E-state index in [1.54, 1.807) is 32.1 Å². The molecule has 0 heterocycles. The van der Waals surface area contributed by atoms with Crippen LogP contribution in [0.5, 0.6) is 0 Å². The van der Waals surface area contributed by atoms with Gasteiger partial charge in [-0.25, -0.2) is 4.99 Å². The van der Waals surface area contributed by atoms with Crippen LogP contribution in [0.2, 0.25) is 0 Å². The fourth-order valence-electron chi connectivity index (χ4n) is 1.91. The van der Waals surface area contributed by atoms with Crippen LogP contribution in [0.4, 0.5) is 13.2 Å². The normalized spacial score (nSPS) is 11.4. The molecule has 0 spiro atoms. The highest BCUT2D eigenvalue weighted by Crippen LogP contribution is 2.29. The standard InChI is InChI=1S/C17H23F3N4O.HI/c1-5-10-21-16(22-11-15(25)23(2)3)24(4)12-13-6-8-14(9-7-13)17(18,19)20;/h5-9H,1,10-12H2,2-4H3,(H,21,22);1H. The predicted molar refractivity (Wildman–Crippen MR) is 108 cm³/mol. The van der Waals surface area contributed by atoms with Gasteiger partial charge in [0, 0.05) is 34.2 Å². The van der Waals surface area contributed by atoms with Crippen molar-refractivity contribution in [2.24, 2.45) is 4.99 Å². The van der Waals surface area contributed by atoms with Gasteiger partial charge in [0.15, 0.2) is 5.96 Å². The van der Waals surface area contributed by atoms with Gasteiger partial charge in [0.05, 0.1) is 5.56 Å². The molecule has 0 aliphatic carbocycles. The molecule has 146 valence electrons. The second-order valence-electron chi connectivity index (χ2n) is 5.65. The molecule has 0 bridgehead atoms. The summed E-state index contributed by atoms with van der Waals surface area (Å²) in [5.74, 6) is 0.316. The van der Waals surface area contributed by atoms with Gasteiger partial charge in [-0.15, -0.1) is 30.6 Å². The third-order valence-corrected chi connectivity index (χ3v) is 3.33. The Morgan fingerprint density at radius 3 is 2.27 bits per heavy atom. The zero-order chi connectivity index (χ0) is 19.0. The number of aliphatic imine (C=N–C) groups is 1. The van der Waals surface area contributed by atoms with E-state index in [1.807, 2.05) is 0 Å². The number of nitrogens with one attached hydrogen (secondary N) is 1. The second-order valence-corrected chi connectivity index (χ2v) is 5.65. The van der Waals surface area contributed by atoms with E-state index in [1.165, 1.54) is 17.0 Å². The van der Waals surface area contributed by atoms with Crippen LogP contribution in [0.25, 0.3) is 0 Å². The summed E-state index contributed by atoms with van der Waals surface area (Å²) in [6.45, 7) is 4.39. The third kappa shape index (κ3) is 8.07. The van der Waals surface area contributed by atoms with Crippen molar-refractivity contribution in [3.8, 4) is 0 Å². The van der Waals surface area contributed by atoms with Crippen molar-refractivity contribution in [2.45, 2.75) is 12.7 Å². The molecule has 1 rings (SSSR count). The van der Waals surface area contributed by atoms with Gasteiger partial charge < -0.3 is 15.1 Å². The first-order valence-corrected chi connectivity index (χ1v) is 7.61. The molecule has 0 atom stereocenters. The molecule has 1 amide bonds. The lowest BCUT2D eigenvalue weighted by Crippen LogP contribution is -2.39. The molecule has 0 aliphatic rings. The molecule has 1 aromatic rings. The molecule has 1 N–H and O–H groups in total. The SMILES string of the molecule is C=CCNC(=NCC(=O)N(C)C)N(C)Cc1ccc(C(F)(F)F)cc1.I. The highest BCUT2D eigenvalue weighted by molar-refractivity contribution is 14.0. The van der Waals surface area contributed by atoms with Crippen molar-refractivity contribution < 1.29 is 18.0 Å². The van der Waals surface area contributed by atoms with Gasteiger partial charge in [-0.05, 0) is 17.7 Å². The predicted octanol–water partition coefficient (Wildman–Crippen LogP) is 2.98. The Morgan fingerprint density at radius 2 is 1.81 bits per heavy atom. The molecule has 0 aliphatic heterocycles. The van der Waals surface area contributed by atoms with Crippen molar-refractivity contribution in [3.63, 3.8) is 0 Å². The average Bonchev–Trinajstić information content (AvgIpc) is 2.54. The molecule has 0 radical (unpaired) electrons. The lowest BCUT2D eigenvalue weighted by Gasteiger charge is -2.22. The molecule has 0 fully saturated rings. The maximum absolute atomic E-state index is 12.6. The van der Waals surface area contributed by atoms with Crippen molar-refractivity contribution in [2.75, 3.05) is 34.2 Å². The fraction of sp³-hybridized carbons (Fsp3) is 0.412. The summed E-state index contributed by atoms with van der Waals surface area (Å²) < 4.78 is 37.8. The Labute approximate surface area is 169 Å². The Bertz CT molecular complexity index is 615. The largest absolute Gasteiger partial charge is 0.416 e. The first kappa shape index (κ1) is 24.2. The zero-order valence-electron chi connectivity index (χ0n) is 15.0. The van der Waals surface area contributed by atoms with Crippen LogP contribution in [0.3, 0.4) is 0 Å². The number of carbonyl (C=O) groups excluding carboxylic acids is 1. The Balaban J connectivity index is 0.00000625. The number of hydrogen-bond acceptors (Lipinski definition) is 2. The van der Waals surface area contributed by atoms with Gasteiger partial charge in [-0.2, -0.15) is 13.2 Å². The van der Waals surface area contributed by atoms with Gasteiger partial charge in [0.1, 0.15) is 6.54 Å². The molecular weight excluding hydrogens is 460 g/mol. The van der Waals surface area contributed by atoms with E-state index < -0.39 is 11.7 Å². The minimum atomic E-state index is -4.35. The topological polar surface area (TPSA) is 47.9 Å². The van der Waals surface area contributed by atoms with Crippen LogP contribution in [0.15, 0.2) is 41.9 Å². The summed E-state index contributed by atoms with van der Waals surface area (Å²) in [6.07, 6.45) is -2.70. The lowest BCUT2D eigenvalue weighted by atomic mass is 10.1. The van der Waals surface area contributed by atoms with E-state index in [0.29, 0.717) is 24.6 Å². The minimum Gasteiger partial charge on any atom is -0.353 e. The van der Waals surface area contributed by atoms with Gasteiger partial charge >= 0.3 is 6.18 Å². The summed E-state index contributed by atoms with van der Waals surface area (Å²) in [4.78, 5) is 19.1. The average molecular weight is 484 g/mol. The van der Waals surface area contributed by atoms with Crippen molar-refractivity contribution >= 4 is 35.8 Å². The first-order valence-electron chi connectivity index (χ1n) is 7.61. The summed E-state index contributed by atoms with van der Waals surface area (Å²) in [5, 5.41) is 3.03. The Hall–Kier alpha value is -1.78. The van der Waals surface area contributed by atoms with Gasteiger partial charge in [-0.1, -0.05) is 18.2 Å². The smallest absolute Gasteiger partial charge is 0.353 e. The molecule has 0 unspecified atom stereocenters. The van der Waals surface area contributed by atoms with Crippen LogP contribution >= 0.6 is 24.0 Å². The zero-order valence-corrected chi connectivity index (χ0v) is 17.3. The van der Waals surface area contributed by atoms with Crippen LogP contribution in [0.1, 0.15) is 11.1 Å². The number of amides is 1. The van der Waals surface area contributed by atoms with Gasteiger partial charge in [0.2, 0.25) is 5.91 Å². The Morgan fingerprint density at radius 1 is 1.23 bits per heavy atom. The molecule has 0 aromatic heterocycles. The van der Waals surface area contributed by atoms with Crippen molar-refractivity contribution in [3.05, 3.63) is 48.0 Å². The maximum Gasteiger partial charge on any atom is 0.416 e. The second kappa shape index (κ2) is 11.0. The van der Waals surface area contributed by atoms with E-state index in [2.05, 4.69) is 16.9 Å². The summed E-state index contributed by atoms with van der Waals surface area (Å²) in [7, 11) is 5.02. The molecule has 5 nitrogen and oxygen atoms in total. The number of nitrogens with zero attached hydrogens (tertiary/aromatic N) is 3. The molecule has 0 saturated heterocycles. The van der Waals surface area contributed by atoms with E-state index in [0.717, 1.165) is 12.1 Å². The van der Waals surface area contributed by atoms with Crippen LogP contribution < -0.4 is 5.32 Å². The number of rotatable bonds is 6. The summed E-state index contributed by atoms with van der Waals surface area (Å²) in [5.41, 5.74) is 0.0108. The molecule has 9 heteroatoms. The Kier molecular flexibility index (Phi) is 10.3. The number of guanidine groups is 1. The molecule has 0 saturated carbocycles. The van der Waals surface area contributed by atoms with Gasteiger partial charge in [0.25, 0.3) is 0 Å². The highest BCUT2D eigenvalue weighted by atomic mass is 127. The molecular formula is C17H24F3IN4O. The maximum atomic E-state index is 12.6. The number of hydrogen-bond donors (Lipinski definition) is 1. The highest BCUT2D eigenvalue weighted by Gasteiger charge is 2.29. The van der Waals surface area contributed by atoms with Gasteiger partial charge in [-0.3, -0.25) is 4.79 Å². The van der Waals surface area contributed by atoms with Crippen LogP contribution in [0, 0.1) is 0 Å². The third-order valence-electron chi connectivity index (χ3n) is 3.33. The van der Waals surface area contributed by atoms with Crippen molar-refractivity contribution in [1.29, 1.82) is 0 Å². The fourth-order valence-corrected chi connectivity index (χ4v) is 1.91. The van der Waals surface area contributed by atoms with Crippen LogP contribution in [-0.2, 0) is 17.5 Å². The van der Waals surface area contributed by atoms with Crippen molar-refractivity contribution in [1.82, 2.24) is 15.1 Å². The number of benzene rings is 1. The van der Waals surface area contributed by atoms with E-state index in [9.17, 15) is 18.0 Å². The van der Waals surface area contributed by atoms with Crippen LogP contribution in [-0.4, -0.2) is 55.9 Å². The minimum absolute atomic E-state index is 0.